The first-order valence-corrected chi connectivity index (χ1v) is 10.9. The summed E-state index contributed by atoms with van der Waals surface area (Å²) in [5.41, 5.74) is 2.70. The number of amides is 1. The van der Waals surface area contributed by atoms with E-state index in [9.17, 15) is 13.2 Å². The van der Waals surface area contributed by atoms with Gasteiger partial charge in [-0.3, -0.25) is 4.79 Å². The zero-order chi connectivity index (χ0) is 19.9. The van der Waals surface area contributed by atoms with Gasteiger partial charge >= 0.3 is 0 Å². The summed E-state index contributed by atoms with van der Waals surface area (Å²) in [6.07, 6.45) is 1.06. The third-order valence-electron chi connectivity index (χ3n) is 3.84. The summed E-state index contributed by atoms with van der Waals surface area (Å²) in [6, 6.07) is 14.5. The van der Waals surface area contributed by atoms with Crippen molar-refractivity contribution >= 4 is 27.5 Å². The molecule has 2 rings (SSSR count). The molecular weight excluding hydrogens is 384 g/mol. The van der Waals surface area contributed by atoms with Crippen molar-refractivity contribution in [3.05, 3.63) is 70.2 Å². The molecule has 7 heteroatoms. The minimum Gasteiger partial charge on any atom is -0.352 e. The number of carbonyl (C=O) groups excluding carboxylic acids is 1. The Morgan fingerprint density at radius 3 is 2.11 bits per heavy atom. The number of rotatable bonds is 9. The lowest BCUT2D eigenvalue weighted by atomic mass is 10.1. The van der Waals surface area contributed by atoms with Gasteiger partial charge in [0.15, 0.2) is 0 Å². The molecule has 0 fully saturated rings. The van der Waals surface area contributed by atoms with Crippen LogP contribution in [0.5, 0.6) is 0 Å². The SMILES string of the molecule is CC(C)NS(=O)(=O)Cc1ccc(CNC(=O)CCc2ccc(Cl)cc2)cc1. The molecule has 0 spiro atoms. The van der Waals surface area contributed by atoms with Gasteiger partial charge in [0, 0.05) is 24.0 Å². The molecule has 27 heavy (non-hydrogen) atoms. The Morgan fingerprint density at radius 1 is 0.963 bits per heavy atom. The molecule has 2 N–H and O–H groups in total. The Balaban J connectivity index is 1.79. The van der Waals surface area contributed by atoms with Crippen molar-refractivity contribution in [2.45, 2.75) is 45.0 Å². The van der Waals surface area contributed by atoms with Gasteiger partial charge in [-0.15, -0.1) is 0 Å². The van der Waals surface area contributed by atoms with Gasteiger partial charge in [-0.05, 0) is 49.1 Å². The largest absolute Gasteiger partial charge is 0.352 e. The number of sulfonamides is 1. The Bertz CT molecular complexity index is 848. The average molecular weight is 409 g/mol. The van der Waals surface area contributed by atoms with Crippen molar-refractivity contribution in [2.24, 2.45) is 0 Å². The smallest absolute Gasteiger partial charge is 0.220 e. The molecule has 0 atom stereocenters. The predicted molar refractivity (Wildman–Crippen MR) is 109 cm³/mol. The number of benzene rings is 2. The quantitative estimate of drug-likeness (QED) is 0.667. The maximum absolute atomic E-state index is 12.0. The van der Waals surface area contributed by atoms with E-state index in [1.807, 2.05) is 36.4 Å². The van der Waals surface area contributed by atoms with Crippen LogP contribution < -0.4 is 10.0 Å². The van der Waals surface area contributed by atoms with E-state index in [1.165, 1.54) is 0 Å². The van der Waals surface area contributed by atoms with Gasteiger partial charge in [-0.2, -0.15) is 0 Å². The van der Waals surface area contributed by atoms with Crippen molar-refractivity contribution in [1.29, 1.82) is 0 Å². The van der Waals surface area contributed by atoms with Gasteiger partial charge in [-0.25, -0.2) is 13.1 Å². The second-order valence-corrected chi connectivity index (χ2v) is 8.94. The Morgan fingerprint density at radius 2 is 1.52 bits per heavy atom. The molecule has 0 aliphatic heterocycles. The summed E-state index contributed by atoms with van der Waals surface area (Å²) >= 11 is 5.84. The normalized spacial score (nSPS) is 11.6. The van der Waals surface area contributed by atoms with Crippen LogP contribution in [0.15, 0.2) is 48.5 Å². The highest BCUT2D eigenvalue weighted by Gasteiger charge is 2.12. The van der Waals surface area contributed by atoms with E-state index in [-0.39, 0.29) is 17.7 Å². The first kappa shape index (κ1) is 21.4. The van der Waals surface area contributed by atoms with E-state index in [4.69, 9.17) is 11.6 Å². The lowest BCUT2D eigenvalue weighted by Gasteiger charge is -2.10. The van der Waals surface area contributed by atoms with Crippen molar-refractivity contribution in [3.63, 3.8) is 0 Å². The fraction of sp³-hybridized carbons (Fsp3) is 0.350. The van der Waals surface area contributed by atoms with Crippen LogP contribution in [0.2, 0.25) is 5.02 Å². The molecule has 2 aromatic rings. The maximum Gasteiger partial charge on any atom is 0.220 e. The van der Waals surface area contributed by atoms with Crippen LogP contribution in [0.3, 0.4) is 0 Å². The molecule has 0 aliphatic carbocycles. The number of hydrogen-bond acceptors (Lipinski definition) is 3. The van der Waals surface area contributed by atoms with Gasteiger partial charge in [0.2, 0.25) is 15.9 Å². The Kier molecular flexibility index (Phi) is 7.83. The maximum atomic E-state index is 12.0. The van der Waals surface area contributed by atoms with E-state index >= 15 is 0 Å². The average Bonchev–Trinajstić information content (AvgIpc) is 2.59. The predicted octanol–water partition coefficient (Wildman–Crippen LogP) is 3.42. The summed E-state index contributed by atoms with van der Waals surface area (Å²) in [4.78, 5) is 12.0. The first-order valence-electron chi connectivity index (χ1n) is 8.82. The third kappa shape index (κ3) is 8.12. The number of halogens is 1. The highest BCUT2D eigenvalue weighted by Crippen LogP contribution is 2.11. The molecule has 146 valence electrons. The molecule has 0 aromatic heterocycles. The molecule has 1 amide bonds. The van der Waals surface area contributed by atoms with Gasteiger partial charge in [-0.1, -0.05) is 48.0 Å². The first-order chi connectivity index (χ1) is 12.7. The van der Waals surface area contributed by atoms with E-state index in [2.05, 4.69) is 10.0 Å². The van der Waals surface area contributed by atoms with Crippen LogP contribution in [0.1, 0.15) is 37.0 Å². The van der Waals surface area contributed by atoms with Crippen LogP contribution in [0, 0.1) is 0 Å². The number of nitrogens with one attached hydrogen (secondary N) is 2. The summed E-state index contributed by atoms with van der Waals surface area (Å²) in [6.45, 7) is 3.99. The molecular formula is C20H25ClN2O3S. The van der Waals surface area contributed by atoms with Crippen LogP contribution >= 0.6 is 11.6 Å². The zero-order valence-electron chi connectivity index (χ0n) is 15.5. The van der Waals surface area contributed by atoms with Crippen molar-refractivity contribution < 1.29 is 13.2 Å². The fourth-order valence-electron chi connectivity index (χ4n) is 2.57. The molecule has 0 aliphatic rings. The van der Waals surface area contributed by atoms with Gasteiger partial charge in [0.1, 0.15) is 0 Å². The van der Waals surface area contributed by atoms with E-state index in [0.717, 1.165) is 11.1 Å². The minimum absolute atomic E-state index is 0.0299. The molecule has 0 unspecified atom stereocenters. The van der Waals surface area contributed by atoms with E-state index in [1.54, 1.807) is 26.0 Å². The molecule has 0 heterocycles. The molecule has 0 radical (unpaired) electrons. The highest BCUT2D eigenvalue weighted by molar-refractivity contribution is 7.88. The van der Waals surface area contributed by atoms with Crippen molar-refractivity contribution in [2.75, 3.05) is 0 Å². The van der Waals surface area contributed by atoms with E-state index in [0.29, 0.717) is 30.0 Å². The van der Waals surface area contributed by atoms with Crippen LogP contribution in [-0.2, 0) is 33.5 Å². The molecule has 5 nitrogen and oxygen atoms in total. The van der Waals surface area contributed by atoms with Crippen LogP contribution in [0.4, 0.5) is 0 Å². The lowest BCUT2D eigenvalue weighted by molar-refractivity contribution is -0.121. The molecule has 2 aromatic carbocycles. The third-order valence-corrected chi connectivity index (χ3v) is 5.63. The fourth-order valence-corrected chi connectivity index (χ4v) is 4.13. The number of hydrogen-bond donors (Lipinski definition) is 2. The van der Waals surface area contributed by atoms with E-state index < -0.39 is 10.0 Å². The Hall–Kier alpha value is -1.89. The molecule has 0 saturated heterocycles. The monoisotopic (exact) mass is 408 g/mol. The second kappa shape index (κ2) is 9.88. The summed E-state index contributed by atoms with van der Waals surface area (Å²) in [7, 11) is -3.34. The lowest BCUT2D eigenvalue weighted by Crippen LogP contribution is -2.31. The molecule has 0 bridgehead atoms. The number of carbonyl (C=O) groups is 1. The number of aryl methyl sites for hydroxylation is 1. The van der Waals surface area contributed by atoms with Gasteiger partial charge in [0.25, 0.3) is 0 Å². The standard InChI is InChI=1S/C20H25ClN2O3S/c1-15(2)23-27(25,26)14-18-5-3-17(4-6-18)13-22-20(24)12-9-16-7-10-19(21)11-8-16/h3-8,10-11,15,23H,9,12-14H2,1-2H3,(H,22,24). The Labute approximate surface area is 166 Å². The second-order valence-electron chi connectivity index (χ2n) is 6.75. The van der Waals surface area contributed by atoms with Crippen molar-refractivity contribution in [3.8, 4) is 0 Å². The summed E-state index contributed by atoms with van der Waals surface area (Å²) in [5, 5.41) is 3.56. The summed E-state index contributed by atoms with van der Waals surface area (Å²) < 4.78 is 26.4. The topological polar surface area (TPSA) is 75.3 Å². The molecule has 0 saturated carbocycles. The summed E-state index contributed by atoms with van der Waals surface area (Å²) in [5.74, 6) is -0.0865. The van der Waals surface area contributed by atoms with Gasteiger partial charge in [0.05, 0.1) is 5.75 Å². The minimum atomic E-state index is -3.34. The highest BCUT2D eigenvalue weighted by atomic mass is 35.5. The van der Waals surface area contributed by atoms with Gasteiger partial charge < -0.3 is 5.32 Å². The zero-order valence-corrected chi connectivity index (χ0v) is 17.1. The van der Waals surface area contributed by atoms with Crippen LogP contribution in [-0.4, -0.2) is 20.4 Å². The van der Waals surface area contributed by atoms with Crippen LogP contribution in [0.25, 0.3) is 0 Å². The van der Waals surface area contributed by atoms with Crippen molar-refractivity contribution in [1.82, 2.24) is 10.0 Å².